The predicted octanol–water partition coefficient (Wildman–Crippen LogP) is 0.887. The summed E-state index contributed by atoms with van der Waals surface area (Å²) in [5.41, 5.74) is 5.66. The molecule has 1 heterocycles. The lowest BCUT2D eigenvalue weighted by atomic mass is 10.2. The van der Waals surface area contributed by atoms with Gasteiger partial charge in [0, 0.05) is 12.4 Å². The van der Waals surface area contributed by atoms with Crippen LogP contribution in [0.2, 0.25) is 0 Å². The average molecular weight is 193 g/mol. The molecule has 0 spiro atoms. The Morgan fingerprint density at radius 1 is 1.43 bits per heavy atom. The minimum atomic E-state index is -0.489. The molecule has 1 aromatic heterocycles. The Labute approximate surface area is 78.8 Å². The molecule has 4 nitrogen and oxygen atoms in total. The molecule has 2 aromatic rings. The number of nitrogens with zero attached hydrogens (tertiary/aromatic N) is 1. The van der Waals surface area contributed by atoms with Crippen molar-refractivity contribution in [1.82, 2.24) is 9.55 Å². The number of aromatic nitrogens is 2. The quantitative estimate of drug-likeness (QED) is 0.660. The van der Waals surface area contributed by atoms with Gasteiger partial charge in [0.05, 0.1) is 11.4 Å². The van der Waals surface area contributed by atoms with E-state index in [1.165, 1.54) is 29.0 Å². The normalized spacial score (nSPS) is 10.4. The van der Waals surface area contributed by atoms with Crippen LogP contribution in [-0.4, -0.2) is 9.55 Å². The van der Waals surface area contributed by atoms with Crippen LogP contribution in [0, 0.1) is 5.82 Å². The Balaban J connectivity index is 2.59. The van der Waals surface area contributed by atoms with Crippen molar-refractivity contribution in [1.29, 1.82) is 0 Å². The monoisotopic (exact) mass is 193 g/mol. The van der Waals surface area contributed by atoms with Crippen molar-refractivity contribution in [2.75, 3.05) is 5.73 Å². The molecule has 0 amide bonds. The molecule has 0 aliphatic heterocycles. The molecule has 0 saturated carbocycles. The van der Waals surface area contributed by atoms with Crippen LogP contribution in [0.3, 0.4) is 0 Å². The fourth-order valence-corrected chi connectivity index (χ4v) is 1.20. The molecular formula is C9H8FN3O. The second-order valence-electron chi connectivity index (χ2n) is 2.84. The second kappa shape index (κ2) is 3.02. The van der Waals surface area contributed by atoms with Crippen molar-refractivity contribution >= 4 is 5.69 Å². The van der Waals surface area contributed by atoms with Crippen LogP contribution in [0.15, 0.2) is 35.4 Å². The van der Waals surface area contributed by atoms with E-state index in [0.29, 0.717) is 5.69 Å². The van der Waals surface area contributed by atoms with Gasteiger partial charge in [-0.25, -0.2) is 9.18 Å². The molecule has 0 unspecified atom stereocenters. The van der Waals surface area contributed by atoms with E-state index in [1.54, 1.807) is 6.20 Å². The van der Waals surface area contributed by atoms with Crippen LogP contribution in [0.5, 0.6) is 0 Å². The highest BCUT2D eigenvalue weighted by molar-refractivity contribution is 5.48. The van der Waals surface area contributed by atoms with Crippen molar-refractivity contribution in [3.05, 3.63) is 46.9 Å². The summed E-state index contributed by atoms with van der Waals surface area (Å²) in [5.74, 6) is -0.489. The van der Waals surface area contributed by atoms with Crippen molar-refractivity contribution in [2.24, 2.45) is 0 Å². The van der Waals surface area contributed by atoms with Crippen LogP contribution in [0.1, 0.15) is 0 Å². The van der Waals surface area contributed by atoms with Gasteiger partial charge >= 0.3 is 5.69 Å². The molecule has 0 aliphatic rings. The smallest absolute Gasteiger partial charge is 0.330 e. The summed E-state index contributed by atoms with van der Waals surface area (Å²) < 4.78 is 14.2. The molecule has 1 aromatic carbocycles. The number of rotatable bonds is 1. The van der Waals surface area contributed by atoms with E-state index in [-0.39, 0.29) is 11.4 Å². The number of hydrogen-bond donors (Lipinski definition) is 2. The lowest BCUT2D eigenvalue weighted by molar-refractivity contribution is 0.632. The number of halogens is 1. The number of hydrogen-bond acceptors (Lipinski definition) is 2. The van der Waals surface area contributed by atoms with Crippen LogP contribution in [0.4, 0.5) is 10.1 Å². The van der Waals surface area contributed by atoms with Gasteiger partial charge in [-0.2, -0.15) is 0 Å². The zero-order chi connectivity index (χ0) is 10.1. The summed E-state index contributed by atoms with van der Waals surface area (Å²) in [6, 6.07) is 4.12. The van der Waals surface area contributed by atoms with E-state index < -0.39 is 5.82 Å². The molecule has 72 valence electrons. The molecular weight excluding hydrogens is 185 g/mol. The average Bonchev–Trinajstić information content (AvgIpc) is 2.57. The molecule has 0 bridgehead atoms. The Kier molecular flexibility index (Phi) is 1.85. The summed E-state index contributed by atoms with van der Waals surface area (Å²) in [5, 5.41) is 0. The molecule has 5 heteroatoms. The zero-order valence-electron chi connectivity index (χ0n) is 7.20. The van der Waals surface area contributed by atoms with Gasteiger partial charge in [0.1, 0.15) is 5.82 Å². The Bertz CT molecular complexity index is 515. The van der Waals surface area contributed by atoms with Gasteiger partial charge in [-0.3, -0.25) is 4.57 Å². The van der Waals surface area contributed by atoms with E-state index in [9.17, 15) is 9.18 Å². The fraction of sp³-hybridized carbons (Fsp3) is 0. The Morgan fingerprint density at radius 3 is 2.79 bits per heavy atom. The van der Waals surface area contributed by atoms with E-state index >= 15 is 0 Å². The second-order valence-corrected chi connectivity index (χ2v) is 2.84. The Hall–Kier alpha value is -2.04. The van der Waals surface area contributed by atoms with Crippen molar-refractivity contribution in [2.45, 2.75) is 0 Å². The van der Waals surface area contributed by atoms with Crippen molar-refractivity contribution < 1.29 is 4.39 Å². The summed E-state index contributed by atoms with van der Waals surface area (Å²) in [4.78, 5) is 13.7. The van der Waals surface area contributed by atoms with Gasteiger partial charge in [-0.1, -0.05) is 0 Å². The molecule has 0 fully saturated rings. The number of nitrogens with one attached hydrogen (secondary N) is 1. The number of aromatic amines is 1. The molecule has 0 atom stereocenters. The molecule has 14 heavy (non-hydrogen) atoms. The van der Waals surface area contributed by atoms with Gasteiger partial charge in [0.2, 0.25) is 0 Å². The highest BCUT2D eigenvalue weighted by Gasteiger charge is 2.02. The predicted molar refractivity (Wildman–Crippen MR) is 50.8 cm³/mol. The highest BCUT2D eigenvalue weighted by atomic mass is 19.1. The number of nitrogen functional groups attached to an aromatic ring is 1. The van der Waals surface area contributed by atoms with E-state index in [1.807, 2.05) is 0 Å². The maximum absolute atomic E-state index is 12.8. The Morgan fingerprint density at radius 2 is 2.21 bits per heavy atom. The first-order valence-electron chi connectivity index (χ1n) is 4.00. The number of imidazole rings is 1. The number of benzene rings is 1. The minimum absolute atomic E-state index is 0.0237. The molecule has 3 N–H and O–H groups in total. The van der Waals surface area contributed by atoms with Crippen LogP contribution in [0.25, 0.3) is 5.69 Å². The fourth-order valence-electron chi connectivity index (χ4n) is 1.20. The molecule has 0 radical (unpaired) electrons. The standard InChI is InChI=1S/C9H8FN3O/c10-7-2-1-6(5-8(7)11)13-4-3-12-9(13)14/h1-5H,11H2,(H,12,14). The van der Waals surface area contributed by atoms with Crippen molar-refractivity contribution in [3.8, 4) is 5.69 Å². The third-order valence-electron chi connectivity index (χ3n) is 1.91. The summed E-state index contributed by atoms with van der Waals surface area (Å²) >= 11 is 0. The molecule has 0 aliphatic carbocycles. The highest BCUT2D eigenvalue weighted by Crippen LogP contribution is 2.14. The minimum Gasteiger partial charge on any atom is -0.396 e. The third kappa shape index (κ3) is 1.28. The lowest BCUT2D eigenvalue weighted by Gasteiger charge is -2.02. The first-order chi connectivity index (χ1) is 6.68. The number of nitrogens with two attached hydrogens (primary N) is 1. The number of H-pyrrole nitrogens is 1. The maximum atomic E-state index is 12.8. The van der Waals surface area contributed by atoms with Gasteiger partial charge in [-0.15, -0.1) is 0 Å². The van der Waals surface area contributed by atoms with Crippen LogP contribution < -0.4 is 11.4 Å². The van der Waals surface area contributed by atoms with Gasteiger partial charge in [0.15, 0.2) is 0 Å². The van der Waals surface area contributed by atoms with Crippen LogP contribution >= 0.6 is 0 Å². The van der Waals surface area contributed by atoms with Gasteiger partial charge in [-0.05, 0) is 18.2 Å². The molecule has 0 saturated heterocycles. The van der Waals surface area contributed by atoms with E-state index in [4.69, 9.17) is 5.73 Å². The lowest BCUT2D eigenvalue weighted by Crippen LogP contribution is -2.14. The summed E-state index contributed by atoms with van der Waals surface area (Å²) in [6.07, 6.45) is 3.05. The van der Waals surface area contributed by atoms with Crippen molar-refractivity contribution in [3.63, 3.8) is 0 Å². The van der Waals surface area contributed by atoms with Crippen LogP contribution in [-0.2, 0) is 0 Å². The third-order valence-corrected chi connectivity index (χ3v) is 1.91. The zero-order valence-corrected chi connectivity index (χ0v) is 7.20. The van der Waals surface area contributed by atoms with E-state index in [0.717, 1.165) is 0 Å². The van der Waals surface area contributed by atoms with E-state index in [2.05, 4.69) is 4.98 Å². The largest absolute Gasteiger partial charge is 0.396 e. The summed E-state index contributed by atoms with van der Waals surface area (Å²) in [6.45, 7) is 0. The summed E-state index contributed by atoms with van der Waals surface area (Å²) in [7, 11) is 0. The maximum Gasteiger partial charge on any atom is 0.330 e. The molecule has 2 rings (SSSR count). The van der Waals surface area contributed by atoms with Gasteiger partial charge in [0.25, 0.3) is 0 Å². The first kappa shape index (κ1) is 8.55. The SMILES string of the molecule is Nc1cc(-n2cc[nH]c2=O)ccc1F. The topological polar surface area (TPSA) is 63.8 Å². The number of anilines is 1. The first-order valence-corrected chi connectivity index (χ1v) is 4.00. The van der Waals surface area contributed by atoms with Gasteiger partial charge < -0.3 is 10.7 Å².